The van der Waals surface area contributed by atoms with Crippen LogP contribution in [0, 0.1) is 11.3 Å². The van der Waals surface area contributed by atoms with E-state index in [1.54, 1.807) is 12.3 Å². The Morgan fingerprint density at radius 1 is 1.56 bits per heavy atom. The molecular formula is C11H13BrN2OS. The Labute approximate surface area is 106 Å². The Bertz CT molecular complexity index is 428. The van der Waals surface area contributed by atoms with E-state index >= 15 is 0 Å². The summed E-state index contributed by atoms with van der Waals surface area (Å²) in [6.45, 7) is 0.732. The van der Waals surface area contributed by atoms with Gasteiger partial charge in [-0.05, 0) is 24.6 Å². The van der Waals surface area contributed by atoms with Crippen LogP contribution >= 0.6 is 15.9 Å². The third kappa shape index (κ3) is 4.33. The molecule has 0 radical (unpaired) electrons. The van der Waals surface area contributed by atoms with Gasteiger partial charge in [-0.15, -0.1) is 0 Å². The molecule has 1 aromatic rings. The van der Waals surface area contributed by atoms with Crippen LogP contribution in [0.2, 0.25) is 0 Å². The van der Waals surface area contributed by atoms with E-state index in [1.807, 2.05) is 12.1 Å². The molecule has 0 fully saturated rings. The van der Waals surface area contributed by atoms with E-state index in [0.717, 1.165) is 23.1 Å². The molecular weight excluding hydrogens is 288 g/mol. The van der Waals surface area contributed by atoms with E-state index in [2.05, 4.69) is 27.3 Å². The topological polar surface area (TPSA) is 52.9 Å². The molecule has 5 heteroatoms. The van der Waals surface area contributed by atoms with E-state index in [1.165, 1.54) is 0 Å². The van der Waals surface area contributed by atoms with Crippen molar-refractivity contribution in [1.82, 2.24) is 0 Å². The summed E-state index contributed by atoms with van der Waals surface area (Å²) in [5, 5.41) is 12.1. The van der Waals surface area contributed by atoms with Gasteiger partial charge >= 0.3 is 0 Å². The summed E-state index contributed by atoms with van der Waals surface area (Å²) in [4.78, 5) is 0. The standard InChI is InChI=1S/C11H13BrN2OS/c1-16(15)6-2-5-14-11-4-3-10(12)7-9(11)8-13/h3-4,7,14H,2,5-6H2,1H3/t16-/m0/s1. The fourth-order valence-corrected chi connectivity index (χ4v) is 2.17. The summed E-state index contributed by atoms with van der Waals surface area (Å²) in [5.74, 6) is 0.686. The van der Waals surface area contributed by atoms with Crippen LogP contribution < -0.4 is 5.32 Å². The summed E-state index contributed by atoms with van der Waals surface area (Å²) in [5.41, 5.74) is 1.44. The Morgan fingerprint density at radius 3 is 2.94 bits per heavy atom. The summed E-state index contributed by atoms with van der Waals surface area (Å²) in [6.07, 6.45) is 2.53. The number of nitriles is 1. The quantitative estimate of drug-likeness (QED) is 0.850. The van der Waals surface area contributed by atoms with E-state index in [4.69, 9.17) is 5.26 Å². The first kappa shape index (κ1) is 13.2. The SMILES string of the molecule is C[S@](=O)CCCNc1ccc(Br)cc1C#N. The van der Waals surface area contributed by atoms with Gasteiger partial charge in [-0.3, -0.25) is 4.21 Å². The number of benzene rings is 1. The maximum atomic E-state index is 10.8. The van der Waals surface area contributed by atoms with Gasteiger partial charge < -0.3 is 5.32 Å². The van der Waals surface area contributed by atoms with Gasteiger partial charge in [0, 0.05) is 33.8 Å². The summed E-state index contributed by atoms with van der Waals surface area (Å²) in [7, 11) is -0.747. The third-order valence-electron chi connectivity index (χ3n) is 2.03. The third-order valence-corrected chi connectivity index (χ3v) is 3.38. The summed E-state index contributed by atoms with van der Waals surface area (Å²) >= 11 is 3.32. The van der Waals surface area contributed by atoms with E-state index in [9.17, 15) is 4.21 Å². The van der Waals surface area contributed by atoms with Gasteiger partial charge in [0.2, 0.25) is 0 Å². The van der Waals surface area contributed by atoms with Crippen LogP contribution in [0.4, 0.5) is 5.69 Å². The Balaban J connectivity index is 2.54. The van der Waals surface area contributed by atoms with Gasteiger partial charge in [0.15, 0.2) is 0 Å². The van der Waals surface area contributed by atoms with Crippen molar-refractivity contribution < 1.29 is 4.21 Å². The van der Waals surface area contributed by atoms with Gasteiger partial charge in [0.05, 0.1) is 11.3 Å². The van der Waals surface area contributed by atoms with E-state index in [-0.39, 0.29) is 0 Å². The van der Waals surface area contributed by atoms with Crippen molar-refractivity contribution >= 4 is 32.4 Å². The zero-order valence-electron chi connectivity index (χ0n) is 9.00. The van der Waals surface area contributed by atoms with Gasteiger partial charge in [0.1, 0.15) is 6.07 Å². The summed E-state index contributed by atoms with van der Waals surface area (Å²) < 4.78 is 11.7. The molecule has 0 saturated heterocycles. The fourth-order valence-electron chi connectivity index (χ4n) is 1.26. The van der Waals surface area contributed by atoms with Crippen molar-refractivity contribution in [2.24, 2.45) is 0 Å². The maximum absolute atomic E-state index is 10.8. The van der Waals surface area contributed by atoms with Gasteiger partial charge in [-0.2, -0.15) is 5.26 Å². The van der Waals surface area contributed by atoms with Crippen LogP contribution in [-0.2, 0) is 10.8 Å². The number of anilines is 1. The van der Waals surface area contributed by atoms with Crippen LogP contribution in [0.25, 0.3) is 0 Å². The molecule has 0 aromatic heterocycles. The van der Waals surface area contributed by atoms with E-state index < -0.39 is 10.8 Å². The molecule has 0 aliphatic rings. The van der Waals surface area contributed by atoms with Crippen molar-refractivity contribution in [1.29, 1.82) is 5.26 Å². The molecule has 1 atom stereocenters. The van der Waals surface area contributed by atoms with Crippen molar-refractivity contribution in [3.63, 3.8) is 0 Å². The van der Waals surface area contributed by atoms with Crippen LogP contribution in [-0.4, -0.2) is 22.8 Å². The number of nitrogens with zero attached hydrogens (tertiary/aromatic N) is 1. The number of halogens is 1. The Morgan fingerprint density at radius 2 is 2.31 bits per heavy atom. The molecule has 16 heavy (non-hydrogen) atoms. The highest BCUT2D eigenvalue weighted by atomic mass is 79.9. The monoisotopic (exact) mass is 300 g/mol. The molecule has 0 heterocycles. The summed E-state index contributed by atoms with van der Waals surface area (Å²) in [6, 6.07) is 7.67. The molecule has 0 bridgehead atoms. The molecule has 0 aliphatic heterocycles. The zero-order chi connectivity index (χ0) is 12.0. The average molecular weight is 301 g/mol. The predicted octanol–water partition coefficient (Wildman–Crippen LogP) is 2.50. The van der Waals surface area contributed by atoms with Gasteiger partial charge in [-0.1, -0.05) is 15.9 Å². The molecule has 3 nitrogen and oxygen atoms in total. The van der Waals surface area contributed by atoms with Crippen LogP contribution in [0.15, 0.2) is 22.7 Å². The van der Waals surface area contributed by atoms with Crippen molar-refractivity contribution in [2.75, 3.05) is 23.9 Å². The molecule has 0 spiro atoms. The fraction of sp³-hybridized carbons (Fsp3) is 0.364. The molecule has 1 aromatic carbocycles. The first-order valence-electron chi connectivity index (χ1n) is 4.87. The molecule has 0 amide bonds. The Kier molecular flexibility index (Phi) is 5.50. The minimum atomic E-state index is -0.747. The zero-order valence-corrected chi connectivity index (χ0v) is 11.4. The van der Waals surface area contributed by atoms with Gasteiger partial charge in [0.25, 0.3) is 0 Å². The average Bonchev–Trinajstić information content (AvgIpc) is 2.25. The normalized spacial score (nSPS) is 11.8. The first-order valence-corrected chi connectivity index (χ1v) is 7.39. The van der Waals surface area contributed by atoms with Crippen LogP contribution in [0.3, 0.4) is 0 Å². The molecule has 0 aliphatic carbocycles. The van der Waals surface area contributed by atoms with E-state index in [0.29, 0.717) is 11.3 Å². The molecule has 0 unspecified atom stereocenters. The minimum Gasteiger partial charge on any atom is -0.384 e. The second kappa shape index (κ2) is 6.66. The molecule has 1 N–H and O–H groups in total. The number of nitrogens with one attached hydrogen (secondary N) is 1. The van der Waals surface area contributed by atoms with Gasteiger partial charge in [-0.25, -0.2) is 0 Å². The number of hydrogen-bond acceptors (Lipinski definition) is 3. The molecule has 1 rings (SSSR count). The lowest BCUT2D eigenvalue weighted by Crippen LogP contribution is -2.07. The highest BCUT2D eigenvalue weighted by Crippen LogP contribution is 2.20. The minimum absolute atomic E-state index is 0.618. The molecule has 86 valence electrons. The predicted molar refractivity (Wildman–Crippen MR) is 70.9 cm³/mol. The largest absolute Gasteiger partial charge is 0.384 e. The smallest absolute Gasteiger partial charge is 0.101 e. The van der Waals surface area contributed by atoms with Crippen LogP contribution in [0.1, 0.15) is 12.0 Å². The van der Waals surface area contributed by atoms with Crippen molar-refractivity contribution in [2.45, 2.75) is 6.42 Å². The van der Waals surface area contributed by atoms with Crippen molar-refractivity contribution in [3.8, 4) is 6.07 Å². The lowest BCUT2D eigenvalue weighted by atomic mass is 10.2. The maximum Gasteiger partial charge on any atom is 0.101 e. The lowest BCUT2D eigenvalue weighted by Gasteiger charge is -2.07. The highest BCUT2D eigenvalue weighted by Gasteiger charge is 2.01. The number of hydrogen-bond donors (Lipinski definition) is 1. The highest BCUT2D eigenvalue weighted by molar-refractivity contribution is 9.10. The number of rotatable bonds is 5. The Hall–Kier alpha value is -0.860. The molecule has 0 saturated carbocycles. The van der Waals surface area contributed by atoms with Crippen molar-refractivity contribution in [3.05, 3.63) is 28.2 Å². The second-order valence-electron chi connectivity index (χ2n) is 3.36. The van der Waals surface area contributed by atoms with Crippen LogP contribution in [0.5, 0.6) is 0 Å². The second-order valence-corrected chi connectivity index (χ2v) is 5.83. The first-order chi connectivity index (χ1) is 7.63. The lowest BCUT2D eigenvalue weighted by molar-refractivity contribution is 0.685.